The van der Waals surface area contributed by atoms with Crippen LogP contribution >= 0.6 is 0 Å². The summed E-state index contributed by atoms with van der Waals surface area (Å²) in [5, 5.41) is 11.2. The van der Waals surface area contributed by atoms with Crippen molar-refractivity contribution in [1.29, 1.82) is 0 Å². The van der Waals surface area contributed by atoms with Crippen LogP contribution in [0.4, 0.5) is 0 Å². The van der Waals surface area contributed by atoms with Crippen LogP contribution in [0.3, 0.4) is 0 Å². The van der Waals surface area contributed by atoms with Crippen molar-refractivity contribution in [2.45, 2.75) is 75.7 Å². The molecule has 1 aliphatic heterocycles. The number of allylic oxidation sites excluding steroid dienone is 2. The molecule has 0 radical (unpaired) electrons. The fraction of sp³-hybridized carbons (Fsp3) is 0.680. The Labute approximate surface area is 169 Å². The summed E-state index contributed by atoms with van der Waals surface area (Å²) in [6, 6.07) is 4.80. The number of rotatable bonds is 2. The number of fused-ring (bicyclic) bond motifs is 1. The Hall–Kier alpha value is -1.48. The first kappa shape index (κ1) is 18.5. The molecule has 0 amide bonds. The smallest absolute Gasteiger partial charge is 0.161 e. The molecule has 0 aromatic heterocycles. The number of nitrogens with zero attached hydrogens (tertiary/aromatic N) is 1. The molecule has 28 heavy (non-hydrogen) atoms. The van der Waals surface area contributed by atoms with E-state index in [9.17, 15) is 5.11 Å². The molecule has 1 N–H and O–H groups in total. The van der Waals surface area contributed by atoms with E-state index in [-0.39, 0.29) is 5.41 Å². The first-order valence-corrected chi connectivity index (χ1v) is 11.4. The van der Waals surface area contributed by atoms with Gasteiger partial charge in [0.25, 0.3) is 0 Å². The zero-order chi connectivity index (χ0) is 19.3. The largest absolute Gasteiger partial charge is 0.504 e. The molecule has 3 atom stereocenters. The molecule has 4 aliphatic rings. The highest BCUT2D eigenvalue weighted by molar-refractivity contribution is 5.57. The van der Waals surface area contributed by atoms with Gasteiger partial charge in [-0.25, -0.2) is 0 Å². The number of methoxy groups -OCH3 is 1. The summed E-state index contributed by atoms with van der Waals surface area (Å²) in [5.41, 5.74) is 4.35. The Bertz CT molecular complexity index is 779. The second-order valence-corrected chi connectivity index (χ2v) is 9.85. The minimum absolute atomic E-state index is 0.0993. The average Bonchev–Trinajstić information content (AvgIpc) is 2.71. The van der Waals surface area contributed by atoms with Crippen LogP contribution in [0.15, 0.2) is 23.8 Å². The van der Waals surface area contributed by atoms with E-state index in [1.165, 1.54) is 56.1 Å². The van der Waals surface area contributed by atoms with Gasteiger partial charge in [-0.05, 0) is 82.0 Å². The van der Waals surface area contributed by atoms with Gasteiger partial charge in [-0.3, -0.25) is 0 Å². The lowest BCUT2D eigenvalue weighted by atomic mass is 9.51. The number of hydrogen-bond acceptors (Lipinski definition) is 3. The summed E-state index contributed by atoms with van der Waals surface area (Å²) in [7, 11) is 3.97. The normalized spacial score (nSPS) is 34.7. The Morgan fingerprint density at radius 1 is 1.18 bits per heavy atom. The van der Waals surface area contributed by atoms with Crippen molar-refractivity contribution in [2.75, 3.05) is 20.7 Å². The van der Waals surface area contributed by atoms with Crippen LogP contribution in [0.1, 0.15) is 68.9 Å². The van der Waals surface area contributed by atoms with Crippen LogP contribution in [0.2, 0.25) is 0 Å². The van der Waals surface area contributed by atoms with Gasteiger partial charge < -0.3 is 14.7 Å². The third kappa shape index (κ3) is 2.81. The van der Waals surface area contributed by atoms with Crippen LogP contribution in [-0.4, -0.2) is 36.8 Å². The van der Waals surface area contributed by atoms with Crippen LogP contribution < -0.4 is 4.74 Å². The lowest BCUT2D eigenvalue weighted by Crippen LogP contribution is -2.60. The minimum atomic E-state index is 0.0993. The second kappa shape index (κ2) is 7.09. The monoisotopic (exact) mass is 381 g/mol. The van der Waals surface area contributed by atoms with Crippen LogP contribution in [0.5, 0.6) is 11.5 Å². The topological polar surface area (TPSA) is 32.7 Å². The van der Waals surface area contributed by atoms with Gasteiger partial charge in [0.05, 0.1) is 7.11 Å². The molecule has 2 saturated carbocycles. The number of aromatic hydroxyl groups is 1. The van der Waals surface area contributed by atoms with Crippen molar-refractivity contribution >= 4 is 0 Å². The van der Waals surface area contributed by atoms with Crippen LogP contribution in [0.25, 0.3) is 0 Å². The summed E-state index contributed by atoms with van der Waals surface area (Å²) in [6.45, 7) is 1.13. The van der Waals surface area contributed by atoms with Gasteiger partial charge >= 0.3 is 0 Å². The Morgan fingerprint density at radius 2 is 2.00 bits per heavy atom. The molecular weight excluding hydrogens is 346 g/mol. The quantitative estimate of drug-likeness (QED) is 0.714. The molecule has 1 aromatic carbocycles. The first-order valence-electron chi connectivity index (χ1n) is 11.4. The van der Waals surface area contributed by atoms with E-state index in [0.29, 0.717) is 23.5 Å². The Morgan fingerprint density at radius 3 is 2.79 bits per heavy atom. The molecule has 5 rings (SSSR count). The summed E-state index contributed by atoms with van der Waals surface area (Å²) < 4.78 is 5.52. The highest BCUT2D eigenvalue weighted by atomic mass is 16.5. The van der Waals surface area contributed by atoms with Gasteiger partial charge in [-0.15, -0.1) is 0 Å². The highest BCUT2D eigenvalue weighted by Gasteiger charge is 2.55. The first-order chi connectivity index (χ1) is 13.6. The third-order valence-electron chi connectivity index (χ3n) is 8.47. The Balaban J connectivity index is 1.58. The lowest BCUT2D eigenvalue weighted by Gasteiger charge is -2.59. The maximum absolute atomic E-state index is 11.2. The highest BCUT2D eigenvalue weighted by Crippen LogP contribution is 2.60. The van der Waals surface area contributed by atoms with Crippen LogP contribution in [0, 0.1) is 11.8 Å². The maximum atomic E-state index is 11.2. The summed E-state index contributed by atoms with van der Waals surface area (Å²) in [5.74, 6) is 2.51. The predicted octanol–water partition coefficient (Wildman–Crippen LogP) is 5.21. The van der Waals surface area contributed by atoms with Crippen molar-refractivity contribution in [2.24, 2.45) is 11.8 Å². The van der Waals surface area contributed by atoms with Crippen molar-refractivity contribution in [3.63, 3.8) is 0 Å². The molecule has 0 spiro atoms. The van der Waals surface area contributed by atoms with Crippen molar-refractivity contribution in [3.05, 3.63) is 34.9 Å². The lowest BCUT2D eigenvalue weighted by molar-refractivity contribution is 0.0131. The SMILES string of the molecule is COc1ccc2c(c1O)[C@@]13CCN(C)[C@@H](C2)[C@@H]1CC/C(=C\C1CCCCC1)C3. The summed E-state index contributed by atoms with van der Waals surface area (Å²) in [6.07, 6.45) is 15.5. The molecule has 3 fully saturated rings. The van der Waals surface area contributed by atoms with E-state index in [4.69, 9.17) is 4.74 Å². The van der Waals surface area contributed by atoms with Crippen molar-refractivity contribution in [1.82, 2.24) is 4.90 Å². The summed E-state index contributed by atoms with van der Waals surface area (Å²) >= 11 is 0. The van der Waals surface area contributed by atoms with E-state index in [1.54, 1.807) is 12.7 Å². The van der Waals surface area contributed by atoms with Gasteiger partial charge in [0, 0.05) is 17.0 Å². The number of piperidine rings is 1. The van der Waals surface area contributed by atoms with Crippen LogP contribution in [-0.2, 0) is 11.8 Å². The van der Waals surface area contributed by atoms with Gasteiger partial charge in [-0.1, -0.05) is 37.0 Å². The molecule has 3 nitrogen and oxygen atoms in total. The average molecular weight is 382 g/mol. The molecule has 1 aromatic rings. The van der Waals surface area contributed by atoms with E-state index in [1.807, 2.05) is 6.07 Å². The van der Waals surface area contributed by atoms with E-state index in [2.05, 4.69) is 24.1 Å². The standard InChI is InChI=1S/C25H35NO2/c1-26-13-12-25-16-18(14-17-6-4-3-5-7-17)8-10-20(25)21(26)15-19-9-11-22(28-2)24(27)23(19)25/h9,11,14,17,20-21,27H,3-8,10,12-13,15-16H2,1-2H3/b18-14+/t20-,21-,25+/m0/s1. The molecule has 3 aliphatic carbocycles. The number of likely N-dealkylation sites (N-methyl/N-ethyl adjacent to an activating group) is 1. The number of likely N-dealkylation sites (tertiary alicyclic amines) is 1. The van der Waals surface area contributed by atoms with Gasteiger partial charge in [-0.2, -0.15) is 0 Å². The van der Waals surface area contributed by atoms with Gasteiger partial charge in [0.15, 0.2) is 11.5 Å². The number of hydrogen-bond donors (Lipinski definition) is 1. The molecule has 2 bridgehead atoms. The second-order valence-electron chi connectivity index (χ2n) is 9.85. The Kier molecular flexibility index (Phi) is 4.70. The molecule has 3 heteroatoms. The predicted molar refractivity (Wildman–Crippen MR) is 113 cm³/mol. The fourth-order valence-corrected chi connectivity index (χ4v) is 7.13. The molecule has 1 heterocycles. The van der Waals surface area contributed by atoms with Crippen molar-refractivity contribution in [3.8, 4) is 11.5 Å². The molecule has 0 unspecified atom stereocenters. The minimum Gasteiger partial charge on any atom is -0.504 e. The van der Waals surface area contributed by atoms with E-state index < -0.39 is 0 Å². The van der Waals surface area contributed by atoms with E-state index in [0.717, 1.165) is 31.7 Å². The molecule has 152 valence electrons. The third-order valence-corrected chi connectivity index (χ3v) is 8.47. The zero-order valence-corrected chi connectivity index (χ0v) is 17.5. The maximum Gasteiger partial charge on any atom is 0.161 e. The number of benzene rings is 1. The fourth-order valence-electron chi connectivity index (χ4n) is 7.13. The number of ether oxygens (including phenoxy) is 1. The van der Waals surface area contributed by atoms with E-state index >= 15 is 0 Å². The van der Waals surface area contributed by atoms with Gasteiger partial charge in [0.1, 0.15) is 0 Å². The van der Waals surface area contributed by atoms with Crippen molar-refractivity contribution < 1.29 is 9.84 Å². The molecular formula is C25H35NO2. The van der Waals surface area contributed by atoms with Gasteiger partial charge in [0.2, 0.25) is 0 Å². The summed E-state index contributed by atoms with van der Waals surface area (Å²) in [4.78, 5) is 2.59. The molecule has 1 saturated heterocycles. The number of phenols is 1. The number of phenolic OH excluding ortho intramolecular Hbond substituents is 1. The zero-order valence-electron chi connectivity index (χ0n) is 17.5.